The van der Waals surface area contributed by atoms with Gasteiger partial charge in [-0.15, -0.1) is 0 Å². The molecule has 0 aromatic heterocycles. The maximum atomic E-state index is 12.8. The zero-order chi connectivity index (χ0) is 18.5. The molecule has 6 nitrogen and oxygen atoms in total. The van der Waals surface area contributed by atoms with Gasteiger partial charge in [0.2, 0.25) is 5.91 Å². The number of hydrogen-bond donors (Lipinski definition) is 0. The molecule has 0 saturated carbocycles. The van der Waals surface area contributed by atoms with Crippen molar-refractivity contribution in [3.63, 3.8) is 0 Å². The van der Waals surface area contributed by atoms with Gasteiger partial charge in [0.1, 0.15) is 16.9 Å². The molecule has 0 aromatic rings. The minimum atomic E-state index is -0.667. The minimum absolute atomic E-state index is 0.109. The summed E-state index contributed by atoms with van der Waals surface area (Å²) in [5.41, 5.74) is -0.619. The zero-order valence-electron chi connectivity index (χ0n) is 14.8. The van der Waals surface area contributed by atoms with Crippen LogP contribution in [-0.4, -0.2) is 56.2 Å². The van der Waals surface area contributed by atoms with Gasteiger partial charge >= 0.3 is 5.97 Å². The predicted molar refractivity (Wildman–Crippen MR) is 95.8 cm³/mol. The van der Waals surface area contributed by atoms with Crippen LogP contribution >= 0.6 is 23.5 Å². The van der Waals surface area contributed by atoms with Gasteiger partial charge in [-0.2, -0.15) is 0 Å². The first-order chi connectivity index (χ1) is 11.0. The molecule has 0 bridgehead atoms. The number of ether oxygens (including phenoxy) is 1. The van der Waals surface area contributed by atoms with Gasteiger partial charge in [-0.05, 0) is 33.6 Å². The Morgan fingerprint density at radius 2 is 1.79 bits per heavy atom. The summed E-state index contributed by atoms with van der Waals surface area (Å²) in [5.74, 6) is -0.480. The fourth-order valence-corrected chi connectivity index (χ4v) is 4.02. The van der Waals surface area contributed by atoms with E-state index in [0.29, 0.717) is 19.4 Å². The lowest BCUT2D eigenvalue weighted by atomic mass is 10.1. The van der Waals surface area contributed by atoms with Crippen molar-refractivity contribution in [2.75, 3.05) is 12.3 Å². The van der Waals surface area contributed by atoms with Crippen LogP contribution in [-0.2, 0) is 23.9 Å². The third kappa shape index (κ3) is 6.84. The molecule has 1 saturated heterocycles. The average Bonchev–Trinajstić information content (AvgIpc) is 2.89. The lowest BCUT2D eigenvalue weighted by molar-refractivity contribution is -0.163. The first kappa shape index (κ1) is 21.0. The molecule has 0 spiro atoms. The first-order valence-corrected chi connectivity index (χ1v) is 9.71. The fourth-order valence-electron chi connectivity index (χ4n) is 2.38. The third-order valence-corrected chi connectivity index (χ3v) is 5.34. The van der Waals surface area contributed by atoms with Crippen LogP contribution in [0.1, 0.15) is 47.5 Å². The van der Waals surface area contributed by atoms with Gasteiger partial charge in [0.25, 0.3) is 0 Å². The number of carbonyl (C=O) groups is 4. The zero-order valence-corrected chi connectivity index (χ0v) is 16.4. The van der Waals surface area contributed by atoms with Crippen LogP contribution in [0.15, 0.2) is 0 Å². The van der Waals surface area contributed by atoms with E-state index in [1.165, 1.54) is 18.7 Å². The summed E-state index contributed by atoms with van der Waals surface area (Å²) in [6.45, 7) is 8.61. The number of likely N-dealkylation sites (tertiary alicyclic amines) is 1. The Morgan fingerprint density at radius 1 is 1.17 bits per heavy atom. The van der Waals surface area contributed by atoms with Gasteiger partial charge in [-0.3, -0.25) is 14.4 Å². The standard InChI is InChI=1S/C16H25NO5S2/c1-10(18)23-9-13(24-11(2)19)14(20)17-8-6-7-12(17)15(21)22-16(3,4)5/h12-13H,6-9H2,1-5H3/t12-,13?/m0/s1. The molecule has 24 heavy (non-hydrogen) atoms. The molecule has 0 aliphatic carbocycles. The van der Waals surface area contributed by atoms with E-state index < -0.39 is 22.9 Å². The Labute approximate surface area is 151 Å². The quantitative estimate of drug-likeness (QED) is 0.682. The smallest absolute Gasteiger partial charge is 0.329 e. The summed E-state index contributed by atoms with van der Waals surface area (Å²) >= 11 is 1.92. The molecular formula is C16H25NO5S2. The van der Waals surface area contributed by atoms with Crippen LogP contribution in [0.5, 0.6) is 0 Å². The lowest BCUT2D eigenvalue weighted by Gasteiger charge is -2.29. The second kappa shape index (κ2) is 8.89. The molecule has 1 aliphatic heterocycles. The van der Waals surface area contributed by atoms with Crippen molar-refractivity contribution < 1.29 is 23.9 Å². The Hall–Kier alpha value is -1.02. The van der Waals surface area contributed by atoms with E-state index in [-0.39, 0.29) is 21.9 Å². The summed E-state index contributed by atoms with van der Waals surface area (Å²) in [5, 5.41) is -0.966. The van der Waals surface area contributed by atoms with Gasteiger partial charge in [-0.1, -0.05) is 23.5 Å². The number of thioether (sulfide) groups is 2. The molecule has 0 radical (unpaired) electrons. The highest BCUT2D eigenvalue weighted by molar-refractivity contribution is 8.17. The van der Waals surface area contributed by atoms with E-state index in [2.05, 4.69) is 0 Å². The van der Waals surface area contributed by atoms with E-state index in [1.807, 2.05) is 0 Å². The van der Waals surface area contributed by atoms with Crippen LogP contribution < -0.4 is 0 Å². The molecule has 1 fully saturated rings. The van der Waals surface area contributed by atoms with Crippen molar-refractivity contribution in [2.24, 2.45) is 0 Å². The molecule has 2 atom stereocenters. The Balaban J connectivity index is 2.84. The Morgan fingerprint density at radius 3 is 2.29 bits per heavy atom. The molecule has 1 aliphatic rings. The predicted octanol–water partition coefficient (Wildman–Crippen LogP) is 2.25. The van der Waals surface area contributed by atoms with E-state index in [4.69, 9.17) is 4.74 Å². The summed E-state index contributed by atoms with van der Waals surface area (Å²) in [7, 11) is 0. The van der Waals surface area contributed by atoms with E-state index >= 15 is 0 Å². The normalized spacial score (nSPS) is 19.0. The van der Waals surface area contributed by atoms with Crippen LogP contribution in [0.2, 0.25) is 0 Å². The summed E-state index contributed by atoms with van der Waals surface area (Å²) in [6, 6.07) is -0.617. The highest BCUT2D eigenvalue weighted by Crippen LogP contribution is 2.27. The van der Waals surface area contributed by atoms with E-state index in [1.54, 1.807) is 20.8 Å². The second-order valence-electron chi connectivity index (χ2n) is 6.62. The van der Waals surface area contributed by atoms with Gasteiger partial charge in [0.15, 0.2) is 10.2 Å². The molecule has 136 valence electrons. The Kier molecular flexibility index (Phi) is 7.79. The maximum absolute atomic E-state index is 12.8. The van der Waals surface area contributed by atoms with E-state index in [9.17, 15) is 19.2 Å². The minimum Gasteiger partial charge on any atom is -0.458 e. The number of esters is 1. The van der Waals surface area contributed by atoms with Crippen LogP contribution in [0.25, 0.3) is 0 Å². The van der Waals surface area contributed by atoms with Gasteiger partial charge < -0.3 is 9.64 Å². The van der Waals surface area contributed by atoms with Crippen molar-refractivity contribution in [2.45, 2.75) is 64.4 Å². The highest BCUT2D eigenvalue weighted by Gasteiger charge is 2.39. The molecule has 1 rings (SSSR count). The largest absolute Gasteiger partial charge is 0.458 e. The second-order valence-corrected chi connectivity index (χ2v) is 9.20. The number of nitrogens with zero attached hydrogens (tertiary/aromatic N) is 1. The van der Waals surface area contributed by atoms with Gasteiger partial charge in [-0.25, -0.2) is 4.79 Å². The molecular weight excluding hydrogens is 350 g/mol. The lowest BCUT2D eigenvalue weighted by Crippen LogP contribution is -2.47. The summed E-state index contributed by atoms with van der Waals surface area (Å²) in [4.78, 5) is 49.2. The van der Waals surface area contributed by atoms with E-state index in [0.717, 1.165) is 23.5 Å². The molecule has 1 unspecified atom stereocenters. The van der Waals surface area contributed by atoms with Crippen LogP contribution in [0.3, 0.4) is 0 Å². The van der Waals surface area contributed by atoms with Gasteiger partial charge in [0, 0.05) is 26.1 Å². The Bertz CT molecular complexity index is 515. The molecule has 0 aromatic carbocycles. The molecule has 8 heteroatoms. The SMILES string of the molecule is CC(=O)SCC(SC(C)=O)C(=O)N1CCC[C@H]1C(=O)OC(C)(C)C. The van der Waals surface area contributed by atoms with Crippen molar-refractivity contribution in [3.05, 3.63) is 0 Å². The maximum Gasteiger partial charge on any atom is 0.329 e. The first-order valence-electron chi connectivity index (χ1n) is 7.85. The number of rotatable bonds is 5. The number of hydrogen-bond acceptors (Lipinski definition) is 7. The van der Waals surface area contributed by atoms with Crippen LogP contribution in [0.4, 0.5) is 0 Å². The fraction of sp³-hybridized carbons (Fsp3) is 0.750. The van der Waals surface area contributed by atoms with Crippen molar-refractivity contribution in [1.29, 1.82) is 0 Å². The molecule has 1 heterocycles. The van der Waals surface area contributed by atoms with Crippen molar-refractivity contribution in [1.82, 2.24) is 4.90 Å². The van der Waals surface area contributed by atoms with Gasteiger partial charge in [0.05, 0.1) is 0 Å². The van der Waals surface area contributed by atoms with Crippen molar-refractivity contribution in [3.8, 4) is 0 Å². The third-order valence-electron chi connectivity index (χ3n) is 3.24. The number of amides is 1. The summed E-state index contributed by atoms with van der Waals surface area (Å²) in [6.07, 6.45) is 1.27. The number of carbonyl (C=O) groups excluding carboxylic acids is 4. The topological polar surface area (TPSA) is 80.8 Å². The van der Waals surface area contributed by atoms with Crippen molar-refractivity contribution >= 4 is 45.6 Å². The van der Waals surface area contributed by atoms with Crippen LogP contribution in [0, 0.1) is 0 Å². The average molecular weight is 376 g/mol. The summed E-state index contributed by atoms with van der Waals surface area (Å²) < 4.78 is 5.40. The molecule has 1 amide bonds. The highest BCUT2D eigenvalue weighted by atomic mass is 32.2. The molecule has 0 N–H and O–H groups in total. The monoisotopic (exact) mass is 375 g/mol.